The fourth-order valence-electron chi connectivity index (χ4n) is 2.02. The smallest absolute Gasteiger partial charge is 0.285 e. The maximum Gasteiger partial charge on any atom is 0.285 e. The maximum atomic E-state index is 12.3. The summed E-state index contributed by atoms with van der Waals surface area (Å²) in [6.07, 6.45) is 2.81. The molecule has 2 aromatic heterocycles. The predicted octanol–water partition coefficient (Wildman–Crippen LogP) is 0.403. The third kappa shape index (κ3) is 1.81. The van der Waals surface area contributed by atoms with Gasteiger partial charge in [0.25, 0.3) is 15.9 Å². The van der Waals surface area contributed by atoms with Crippen molar-refractivity contribution in [2.24, 2.45) is 0 Å². The van der Waals surface area contributed by atoms with Crippen molar-refractivity contribution in [3.8, 4) is 0 Å². The van der Waals surface area contributed by atoms with Gasteiger partial charge in [-0.3, -0.25) is 4.79 Å². The summed E-state index contributed by atoms with van der Waals surface area (Å²) in [5.41, 5.74) is 6.22. The van der Waals surface area contributed by atoms with Crippen LogP contribution in [0.5, 0.6) is 0 Å². The molecule has 0 aliphatic carbocycles. The van der Waals surface area contributed by atoms with Crippen molar-refractivity contribution >= 4 is 21.7 Å². The summed E-state index contributed by atoms with van der Waals surface area (Å²) in [6, 6.07) is 6.11. The van der Waals surface area contributed by atoms with Crippen molar-refractivity contribution in [3.05, 3.63) is 47.8 Å². The van der Waals surface area contributed by atoms with E-state index in [2.05, 4.69) is 9.97 Å². The Bertz CT molecular complexity index is 804. The third-order valence-electron chi connectivity index (χ3n) is 2.93. The third-order valence-corrected chi connectivity index (χ3v) is 4.62. The van der Waals surface area contributed by atoms with Crippen molar-refractivity contribution in [2.45, 2.75) is 11.6 Å². The average Bonchev–Trinajstić information content (AvgIpc) is 2.61. The lowest BCUT2D eigenvalue weighted by molar-refractivity contribution is 0.0865. The summed E-state index contributed by atoms with van der Waals surface area (Å²) < 4.78 is 25.4. The van der Waals surface area contributed by atoms with Gasteiger partial charge in [0.15, 0.2) is 5.03 Å². The van der Waals surface area contributed by atoms with E-state index in [1.54, 1.807) is 6.07 Å². The number of nitrogen functional groups attached to an aromatic ring is 1. The molecule has 20 heavy (non-hydrogen) atoms. The van der Waals surface area contributed by atoms with E-state index in [9.17, 15) is 13.2 Å². The minimum absolute atomic E-state index is 0.0922. The SMILES string of the molecule is Nc1cc(CN2C(=O)c3cccnc3S2(=O)=O)ccn1. The molecule has 8 heteroatoms. The van der Waals surface area contributed by atoms with Crippen LogP contribution in [0.2, 0.25) is 0 Å². The van der Waals surface area contributed by atoms with E-state index in [0.717, 1.165) is 4.31 Å². The van der Waals surface area contributed by atoms with E-state index < -0.39 is 15.9 Å². The molecule has 0 unspecified atom stereocenters. The molecule has 102 valence electrons. The Balaban J connectivity index is 2.03. The lowest BCUT2D eigenvalue weighted by Crippen LogP contribution is -2.29. The Kier molecular flexibility index (Phi) is 2.68. The minimum atomic E-state index is -3.90. The molecular formula is C12H10N4O3S. The molecule has 0 spiro atoms. The molecule has 3 rings (SSSR count). The molecule has 7 nitrogen and oxygen atoms in total. The monoisotopic (exact) mass is 290 g/mol. The molecule has 0 saturated carbocycles. The molecule has 0 radical (unpaired) electrons. The van der Waals surface area contributed by atoms with Gasteiger partial charge >= 0.3 is 0 Å². The largest absolute Gasteiger partial charge is 0.384 e. The van der Waals surface area contributed by atoms with Crippen molar-refractivity contribution < 1.29 is 13.2 Å². The van der Waals surface area contributed by atoms with E-state index in [1.807, 2.05) is 0 Å². The first-order valence-electron chi connectivity index (χ1n) is 5.72. The van der Waals surface area contributed by atoms with Crippen molar-refractivity contribution in [2.75, 3.05) is 5.73 Å². The van der Waals surface area contributed by atoms with Crippen molar-refractivity contribution in [3.63, 3.8) is 0 Å². The highest BCUT2D eigenvalue weighted by Gasteiger charge is 2.42. The minimum Gasteiger partial charge on any atom is -0.384 e. The lowest BCUT2D eigenvalue weighted by atomic mass is 10.2. The summed E-state index contributed by atoms with van der Waals surface area (Å²) in [6.45, 7) is -0.0930. The number of nitrogens with two attached hydrogens (primary N) is 1. The normalized spacial score (nSPS) is 16.2. The average molecular weight is 290 g/mol. The van der Waals surface area contributed by atoms with Crippen LogP contribution in [0.1, 0.15) is 15.9 Å². The number of nitrogens with zero attached hydrogens (tertiary/aromatic N) is 3. The standard InChI is InChI=1S/C12H10N4O3S/c13-10-6-8(3-5-14-10)7-16-12(17)9-2-1-4-15-11(9)20(16,18)19/h1-6H,7H2,(H2,13,14). The highest BCUT2D eigenvalue weighted by Crippen LogP contribution is 2.29. The summed E-state index contributed by atoms with van der Waals surface area (Å²) >= 11 is 0. The van der Waals surface area contributed by atoms with Crippen molar-refractivity contribution in [1.29, 1.82) is 0 Å². The second kappa shape index (κ2) is 4.27. The molecular weight excluding hydrogens is 280 g/mol. The van der Waals surface area contributed by atoms with Crippen LogP contribution in [-0.2, 0) is 16.6 Å². The fourth-order valence-corrected chi connectivity index (χ4v) is 3.49. The van der Waals surface area contributed by atoms with Gasteiger partial charge in [0.05, 0.1) is 12.1 Å². The number of pyridine rings is 2. The fraction of sp³-hybridized carbons (Fsp3) is 0.0833. The van der Waals surface area contributed by atoms with Gasteiger partial charge in [0.1, 0.15) is 5.82 Å². The van der Waals surface area contributed by atoms with E-state index in [1.165, 1.54) is 30.6 Å². The van der Waals surface area contributed by atoms with Gasteiger partial charge in [0, 0.05) is 12.4 Å². The van der Waals surface area contributed by atoms with Crippen LogP contribution in [0.15, 0.2) is 41.7 Å². The Hall–Kier alpha value is -2.48. The van der Waals surface area contributed by atoms with Gasteiger partial charge in [-0.15, -0.1) is 0 Å². The maximum absolute atomic E-state index is 12.3. The molecule has 2 N–H and O–H groups in total. The summed E-state index contributed by atoms with van der Waals surface area (Å²) in [4.78, 5) is 19.8. The van der Waals surface area contributed by atoms with Crippen molar-refractivity contribution in [1.82, 2.24) is 14.3 Å². The quantitative estimate of drug-likeness (QED) is 0.858. The van der Waals surface area contributed by atoms with E-state index in [0.29, 0.717) is 5.56 Å². The second-order valence-corrected chi connectivity index (χ2v) is 6.04. The summed E-state index contributed by atoms with van der Waals surface area (Å²) in [5.74, 6) is -0.314. The number of hydrogen-bond acceptors (Lipinski definition) is 6. The number of aromatic nitrogens is 2. The van der Waals surface area contributed by atoms with Gasteiger partial charge < -0.3 is 5.73 Å². The van der Waals surface area contributed by atoms with Crippen LogP contribution in [0.4, 0.5) is 5.82 Å². The zero-order valence-electron chi connectivity index (χ0n) is 10.2. The van der Waals surface area contributed by atoms with Crippen LogP contribution in [0.25, 0.3) is 0 Å². The highest BCUT2D eigenvalue weighted by atomic mass is 32.2. The number of fused-ring (bicyclic) bond motifs is 1. The molecule has 0 atom stereocenters. The van der Waals surface area contributed by atoms with Gasteiger partial charge in [-0.05, 0) is 29.8 Å². The molecule has 0 aromatic carbocycles. The van der Waals surface area contributed by atoms with E-state index in [4.69, 9.17) is 5.73 Å². The van der Waals surface area contributed by atoms with E-state index >= 15 is 0 Å². The van der Waals surface area contributed by atoms with Crippen LogP contribution < -0.4 is 5.73 Å². The first-order chi connectivity index (χ1) is 9.50. The van der Waals surface area contributed by atoms with Crippen LogP contribution in [0, 0.1) is 0 Å². The molecule has 0 saturated heterocycles. The molecule has 1 aliphatic rings. The van der Waals surface area contributed by atoms with Crippen LogP contribution in [-0.4, -0.2) is 28.6 Å². The Labute approximate surface area is 115 Å². The molecule has 1 amide bonds. The first-order valence-corrected chi connectivity index (χ1v) is 7.16. The highest BCUT2D eigenvalue weighted by molar-refractivity contribution is 7.90. The van der Waals surface area contributed by atoms with Crippen LogP contribution >= 0.6 is 0 Å². The zero-order chi connectivity index (χ0) is 14.3. The van der Waals surface area contributed by atoms with Gasteiger partial charge in [-0.2, -0.15) is 8.42 Å². The molecule has 0 bridgehead atoms. The molecule has 1 aliphatic heterocycles. The Morgan fingerprint density at radius 3 is 2.70 bits per heavy atom. The molecule has 0 fully saturated rings. The number of rotatable bonds is 2. The second-order valence-electron chi connectivity index (χ2n) is 4.26. The number of amides is 1. The lowest BCUT2D eigenvalue weighted by Gasteiger charge is -2.14. The first kappa shape index (κ1) is 12.5. The number of anilines is 1. The Morgan fingerprint density at radius 1 is 1.20 bits per heavy atom. The molecule has 3 heterocycles. The summed E-state index contributed by atoms with van der Waals surface area (Å²) in [5, 5.41) is -0.202. The van der Waals surface area contributed by atoms with Gasteiger partial charge in [0.2, 0.25) is 0 Å². The van der Waals surface area contributed by atoms with Gasteiger partial charge in [-0.1, -0.05) is 0 Å². The number of sulfonamides is 1. The molecule has 2 aromatic rings. The van der Waals surface area contributed by atoms with Gasteiger partial charge in [-0.25, -0.2) is 14.3 Å². The predicted molar refractivity (Wildman–Crippen MR) is 69.9 cm³/mol. The number of carbonyl (C=O) groups excluding carboxylic acids is 1. The number of hydrogen-bond donors (Lipinski definition) is 1. The van der Waals surface area contributed by atoms with E-state index in [-0.39, 0.29) is 23.0 Å². The number of carbonyl (C=O) groups is 1. The summed E-state index contributed by atoms with van der Waals surface area (Å²) in [7, 11) is -3.90. The Morgan fingerprint density at radius 2 is 2.00 bits per heavy atom. The topological polar surface area (TPSA) is 106 Å². The van der Waals surface area contributed by atoms with Crippen LogP contribution in [0.3, 0.4) is 0 Å². The zero-order valence-corrected chi connectivity index (χ0v) is 11.0.